The summed E-state index contributed by atoms with van der Waals surface area (Å²) in [6, 6.07) is 2.69. The fourth-order valence-electron chi connectivity index (χ4n) is 3.43. The highest BCUT2D eigenvalue weighted by Crippen LogP contribution is 2.41. The van der Waals surface area contributed by atoms with Crippen LogP contribution in [0.5, 0.6) is 0 Å². The molecule has 0 aromatic heterocycles. The van der Waals surface area contributed by atoms with E-state index in [2.05, 4.69) is 6.92 Å². The molecule has 20 heavy (non-hydrogen) atoms. The van der Waals surface area contributed by atoms with Crippen LogP contribution in [0.4, 0.5) is 8.78 Å². The van der Waals surface area contributed by atoms with E-state index in [1.54, 1.807) is 6.92 Å². The van der Waals surface area contributed by atoms with Crippen LogP contribution in [0.3, 0.4) is 0 Å². The van der Waals surface area contributed by atoms with Crippen LogP contribution in [0.15, 0.2) is 12.1 Å². The van der Waals surface area contributed by atoms with Gasteiger partial charge in [0.2, 0.25) is 0 Å². The normalized spacial score (nSPS) is 27.4. The minimum absolute atomic E-state index is 0.116. The summed E-state index contributed by atoms with van der Waals surface area (Å²) in [6.45, 7) is 3.76. The summed E-state index contributed by atoms with van der Waals surface area (Å²) in [7, 11) is 0. The van der Waals surface area contributed by atoms with Crippen LogP contribution in [0.1, 0.15) is 63.0 Å². The third kappa shape index (κ3) is 3.03. The molecule has 1 fully saturated rings. The van der Waals surface area contributed by atoms with Gasteiger partial charge in [-0.3, -0.25) is 0 Å². The Morgan fingerprint density at radius 1 is 1.25 bits per heavy atom. The number of hydrogen-bond donors (Lipinski definition) is 1. The van der Waals surface area contributed by atoms with Gasteiger partial charge in [-0.25, -0.2) is 8.78 Å². The molecular weight excluding hydrogens is 258 g/mol. The van der Waals surface area contributed by atoms with E-state index in [1.807, 2.05) is 0 Å². The number of aryl methyl sites for hydroxylation is 1. The number of hydrogen-bond acceptors (Lipinski definition) is 1. The van der Waals surface area contributed by atoms with E-state index in [0.29, 0.717) is 24.3 Å². The number of aliphatic hydroxyl groups is 1. The number of halogens is 2. The van der Waals surface area contributed by atoms with Crippen molar-refractivity contribution in [2.24, 2.45) is 5.92 Å². The number of benzene rings is 1. The second kappa shape index (κ2) is 6.21. The highest BCUT2D eigenvalue weighted by Gasteiger charge is 2.37. The first-order valence-electron chi connectivity index (χ1n) is 7.65. The summed E-state index contributed by atoms with van der Waals surface area (Å²) in [5, 5.41) is 10.8. The van der Waals surface area contributed by atoms with E-state index < -0.39 is 17.2 Å². The van der Waals surface area contributed by atoms with Crippen molar-refractivity contribution in [3.63, 3.8) is 0 Å². The smallest absolute Gasteiger partial charge is 0.135 e. The first-order chi connectivity index (χ1) is 9.48. The zero-order chi connectivity index (χ0) is 14.8. The molecule has 0 heterocycles. The van der Waals surface area contributed by atoms with Crippen molar-refractivity contribution in [3.8, 4) is 0 Å². The van der Waals surface area contributed by atoms with Gasteiger partial charge in [0.15, 0.2) is 0 Å². The Labute approximate surface area is 120 Å². The predicted octanol–water partition coefficient (Wildman–Crippen LogP) is 4.84. The summed E-state index contributed by atoms with van der Waals surface area (Å²) >= 11 is 0. The van der Waals surface area contributed by atoms with Crippen LogP contribution >= 0.6 is 0 Å². The molecule has 112 valence electrons. The molecule has 0 aliphatic heterocycles. The molecule has 0 amide bonds. The topological polar surface area (TPSA) is 20.2 Å². The Bertz CT molecular complexity index is 472. The zero-order valence-electron chi connectivity index (χ0n) is 12.4. The van der Waals surface area contributed by atoms with Crippen molar-refractivity contribution in [1.82, 2.24) is 0 Å². The monoisotopic (exact) mass is 282 g/mol. The van der Waals surface area contributed by atoms with Crippen molar-refractivity contribution in [2.45, 2.75) is 64.4 Å². The van der Waals surface area contributed by atoms with Crippen molar-refractivity contribution in [1.29, 1.82) is 0 Å². The van der Waals surface area contributed by atoms with Crippen LogP contribution in [0.25, 0.3) is 0 Å². The van der Waals surface area contributed by atoms with Gasteiger partial charge in [-0.1, -0.05) is 32.3 Å². The minimum atomic E-state index is -1.34. The lowest BCUT2D eigenvalue weighted by Gasteiger charge is -2.28. The molecule has 1 N–H and O–H groups in total. The molecule has 1 aromatic carbocycles. The average molecular weight is 282 g/mol. The molecule has 2 unspecified atom stereocenters. The third-order valence-electron chi connectivity index (χ3n) is 4.62. The van der Waals surface area contributed by atoms with Crippen molar-refractivity contribution < 1.29 is 13.9 Å². The first-order valence-corrected chi connectivity index (χ1v) is 7.65. The summed E-state index contributed by atoms with van der Waals surface area (Å²) in [4.78, 5) is 0. The second-order valence-electron chi connectivity index (χ2n) is 6.17. The molecule has 1 nitrogen and oxygen atoms in total. The molecule has 0 radical (unpaired) electrons. The molecule has 1 aromatic rings. The molecule has 2 atom stereocenters. The van der Waals surface area contributed by atoms with Crippen LogP contribution in [0, 0.1) is 24.5 Å². The predicted molar refractivity (Wildman–Crippen MR) is 76.5 cm³/mol. The van der Waals surface area contributed by atoms with Gasteiger partial charge in [0, 0.05) is 0 Å². The highest BCUT2D eigenvalue weighted by molar-refractivity contribution is 5.31. The average Bonchev–Trinajstić information content (AvgIpc) is 2.58. The van der Waals surface area contributed by atoms with E-state index in [1.165, 1.54) is 12.1 Å². The van der Waals surface area contributed by atoms with Crippen LogP contribution in [0.2, 0.25) is 0 Å². The Hall–Kier alpha value is -0.960. The quantitative estimate of drug-likeness (QED) is 0.786. The standard InChI is InChI=1S/C17H24F2O/c1-3-5-13-6-4-10-17(20,11-9-13)15-14(18)8-7-12(2)16(15)19/h7-8,13,20H,3-6,9-11H2,1-2H3. The molecule has 1 aliphatic rings. The molecule has 0 bridgehead atoms. The summed E-state index contributed by atoms with van der Waals surface area (Å²) in [6.07, 6.45) is 5.88. The first kappa shape index (κ1) is 15.4. The lowest BCUT2D eigenvalue weighted by molar-refractivity contribution is 0.0124. The maximum Gasteiger partial charge on any atom is 0.135 e. The van der Waals surface area contributed by atoms with Crippen LogP contribution in [-0.4, -0.2) is 5.11 Å². The van der Waals surface area contributed by atoms with Gasteiger partial charge in [0.1, 0.15) is 11.6 Å². The molecule has 1 saturated carbocycles. The van der Waals surface area contributed by atoms with Crippen molar-refractivity contribution in [2.75, 3.05) is 0 Å². The highest BCUT2D eigenvalue weighted by atomic mass is 19.1. The van der Waals surface area contributed by atoms with E-state index in [0.717, 1.165) is 32.1 Å². The van der Waals surface area contributed by atoms with Crippen molar-refractivity contribution >= 4 is 0 Å². The second-order valence-corrected chi connectivity index (χ2v) is 6.17. The van der Waals surface area contributed by atoms with Crippen LogP contribution in [-0.2, 0) is 5.60 Å². The Kier molecular flexibility index (Phi) is 4.79. The van der Waals surface area contributed by atoms with E-state index in [4.69, 9.17) is 0 Å². The van der Waals surface area contributed by atoms with Crippen molar-refractivity contribution in [3.05, 3.63) is 34.9 Å². The third-order valence-corrected chi connectivity index (χ3v) is 4.62. The van der Waals surface area contributed by atoms with Gasteiger partial charge in [0.05, 0.1) is 11.2 Å². The molecular formula is C17H24F2O. The van der Waals surface area contributed by atoms with Gasteiger partial charge in [-0.05, 0) is 50.2 Å². The molecule has 2 rings (SSSR count). The van der Waals surface area contributed by atoms with E-state index in [9.17, 15) is 13.9 Å². The van der Waals surface area contributed by atoms with E-state index in [-0.39, 0.29) is 5.56 Å². The summed E-state index contributed by atoms with van der Waals surface area (Å²) in [5.74, 6) is -0.629. The van der Waals surface area contributed by atoms with Gasteiger partial charge >= 0.3 is 0 Å². The largest absolute Gasteiger partial charge is 0.385 e. The fraction of sp³-hybridized carbons (Fsp3) is 0.647. The SMILES string of the molecule is CCCC1CCCC(O)(c2c(F)ccc(C)c2F)CC1. The Morgan fingerprint density at radius 3 is 2.70 bits per heavy atom. The maximum atomic E-state index is 14.3. The zero-order valence-corrected chi connectivity index (χ0v) is 12.4. The lowest BCUT2D eigenvalue weighted by Crippen LogP contribution is -2.28. The Morgan fingerprint density at radius 2 is 2.00 bits per heavy atom. The molecule has 1 aliphatic carbocycles. The van der Waals surface area contributed by atoms with E-state index >= 15 is 0 Å². The number of rotatable bonds is 3. The van der Waals surface area contributed by atoms with Crippen LogP contribution < -0.4 is 0 Å². The summed E-state index contributed by atoms with van der Waals surface area (Å²) < 4.78 is 28.3. The van der Waals surface area contributed by atoms with Gasteiger partial charge in [-0.15, -0.1) is 0 Å². The molecule has 0 saturated heterocycles. The van der Waals surface area contributed by atoms with Gasteiger partial charge in [0.25, 0.3) is 0 Å². The summed E-state index contributed by atoms with van der Waals surface area (Å²) in [5.41, 5.74) is -1.07. The molecule has 3 heteroatoms. The lowest BCUT2D eigenvalue weighted by atomic mass is 9.84. The fourth-order valence-corrected chi connectivity index (χ4v) is 3.43. The maximum absolute atomic E-state index is 14.3. The Balaban J connectivity index is 2.29. The minimum Gasteiger partial charge on any atom is -0.385 e. The van der Waals surface area contributed by atoms with Gasteiger partial charge < -0.3 is 5.11 Å². The van der Waals surface area contributed by atoms with Gasteiger partial charge in [-0.2, -0.15) is 0 Å². The molecule has 0 spiro atoms.